The summed E-state index contributed by atoms with van der Waals surface area (Å²) in [4.78, 5) is 31.4. The number of nitrogens with zero attached hydrogens (tertiary/aromatic N) is 2. The molecule has 1 saturated heterocycles. The van der Waals surface area contributed by atoms with Crippen molar-refractivity contribution in [1.29, 1.82) is 0 Å². The summed E-state index contributed by atoms with van der Waals surface area (Å²) in [5, 5.41) is 11.2. The Bertz CT molecular complexity index is 1300. The third-order valence-electron chi connectivity index (χ3n) is 5.53. The highest BCUT2D eigenvalue weighted by atomic mass is 19.4. The lowest BCUT2D eigenvalue weighted by molar-refractivity contribution is -0.274. The van der Waals surface area contributed by atoms with E-state index >= 15 is 0 Å². The van der Waals surface area contributed by atoms with Crippen LogP contribution in [0.3, 0.4) is 0 Å². The molecule has 1 fully saturated rings. The molecule has 0 radical (unpaired) electrons. The van der Waals surface area contributed by atoms with Crippen molar-refractivity contribution in [3.63, 3.8) is 0 Å². The van der Waals surface area contributed by atoms with Gasteiger partial charge in [0.25, 0.3) is 11.7 Å². The number of halogens is 3. The molecular weight excluding hydrogens is 489 g/mol. The Labute approximate surface area is 210 Å². The lowest BCUT2D eigenvalue weighted by Gasteiger charge is -2.25. The number of amides is 1. The second-order valence-corrected chi connectivity index (χ2v) is 8.72. The molecule has 1 atom stereocenters. The first kappa shape index (κ1) is 25.7. The number of Topliss-reactive ketones (excluding diaryl/α,β-unsaturated/α-hetero) is 1. The van der Waals surface area contributed by atoms with Crippen molar-refractivity contribution in [2.24, 2.45) is 5.92 Å². The number of benzene rings is 2. The summed E-state index contributed by atoms with van der Waals surface area (Å²) < 4.78 is 47.2. The van der Waals surface area contributed by atoms with Crippen molar-refractivity contribution in [1.82, 2.24) is 4.98 Å². The van der Waals surface area contributed by atoms with Crippen LogP contribution in [0.2, 0.25) is 0 Å². The number of alkyl halides is 3. The molecule has 1 unspecified atom stereocenters. The zero-order valence-corrected chi connectivity index (χ0v) is 19.9. The minimum Gasteiger partial charge on any atom is -0.507 e. The molecular formula is C27H23F3N2O5. The highest BCUT2D eigenvalue weighted by Crippen LogP contribution is 2.42. The number of hydrogen-bond acceptors (Lipinski definition) is 6. The third kappa shape index (κ3) is 5.74. The first-order chi connectivity index (χ1) is 17.5. The van der Waals surface area contributed by atoms with Crippen LogP contribution in [0.25, 0.3) is 5.76 Å². The predicted molar refractivity (Wildman–Crippen MR) is 129 cm³/mol. The Balaban J connectivity index is 1.75. The van der Waals surface area contributed by atoms with Gasteiger partial charge in [0.15, 0.2) is 0 Å². The number of carbonyl (C=O) groups excluding carboxylic acids is 2. The number of pyridine rings is 1. The van der Waals surface area contributed by atoms with Gasteiger partial charge in [-0.15, -0.1) is 13.2 Å². The standard InChI is InChI=1S/C27H23F3N2O5/c1-16(2)15-36-20-7-3-18(4-8-20)24(33)22-23(17-11-13-31-14-12-17)32(26(35)25(22)34)19-5-9-21(10-6-19)37-27(28,29)30/h3-14,16,23,33H,15H2,1-2H3/b24-22-. The molecule has 0 saturated carbocycles. The fraction of sp³-hybridized carbons (Fsp3) is 0.222. The molecule has 1 aromatic heterocycles. The Morgan fingerprint density at radius 2 is 1.57 bits per heavy atom. The lowest BCUT2D eigenvalue weighted by Crippen LogP contribution is -2.29. The van der Waals surface area contributed by atoms with Crippen LogP contribution in [0, 0.1) is 5.92 Å². The Hall–Kier alpha value is -4.34. The molecule has 10 heteroatoms. The molecule has 37 heavy (non-hydrogen) atoms. The number of ether oxygens (including phenoxy) is 2. The average molecular weight is 512 g/mol. The summed E-state index contributed by atoms with van der Waals surface area (Å²) in [5.41, 5.74) is 0.753. The maximum atomic E-state index is 13.2. The van der Waals surface area contributed by atoms with Crippen LogP contribution >= 0.6 is 0 Å². The van der Waals surface area contributed by atoms with Gasteiger partial charge in [0, 0.05) is 23.6 Å². The van der Waals surface area contributed by atoms with Gasteiger partial charge < -0.3 is 14.6 Å². The van der Waals surface area contributed by atoms with Gasteiger partial charge in [0.2, 0.25) is 0 Å². The second-order valence-electron chi connectivity index (χ2n) is 8.72. The molecule has 2 heterocycles. The van der Waals surface area contributed by atoms with Crippen molar-refractivity contribution in [2.75, 3.05) is 11.5 Å². The third-order valence-corrected chi connectivity index (χ3v) is 5.53. The molecule has 0 spiro atoms. The fourth-order valence-electron chi connectivity index (χ4n) is 3.90. The van der Waals surface area contributed by atoms with Crippen LogP contribution in [0.1, 0.15) is 31.0 Å². The zero-order valence-electron chi connectivity index (χ0n) is 19.9. The van der Waals surface area contributed by atoms with E-state index in [2.05, 4.69) is 9.72 Å². The van der Waals surface area contributed by atoms with E-state index in [9.17, 15) is 27.9 Å². The Morgan fingerprint density at radius 1 is 0.973 bits per heavy atom. The molecule has 3 aromatic rings. The number of ketones is 1. The Kier molecular flexibility index (Phi) is 7.19. The molecule has 192 valence electrons. The van der Waals surface area contributed by atoms with Gasteiger partial charge in [0.1, 0.15) is 17.3 Å². The molecule has 1 aliphatic rings. The van der Waals surface area contributed by atoms with Crippen molar-refractivity contribution in [2.45, 2.75) is 26.3 Å². The number of aromatic nitrogens is 1. The van der Waals surface area contributed by atoms with Gasteiger partial charge >= 0.3 is 6.36 Å². The van der Waals surface area contributed by atoms with E-state index in [0.29, 0.717) is 29.4 Å². The number of aliphatic hydroxyl groups is 1. The number of rotatable bonds is 7. The summed E-state index contributed by atoms with van der Waals surface area (Å²) in [6.07, 6.45) is -1.94. The van der Waals surface area contributed by atoms with E-state index in [1.165, 1.54) is 24.5 Å². The van der Waals surface area contributed by atoms with Gasteiger partial charge in [-0.05, 0) is 72.1 Å². The maximum absolute atomic E-state index is 13.2. The van der Waals surface area contributed by atoms with E-state index in [1.54, 1.807) is 36.4 Å². The fourth-order valence-corrected chi connectivity index (χ4v) is 3.90. The zero-order chi connectivity index (χ0) is 26.7. The van der Waals surface area contributed by atoms with E-state index in [4.69, 9.17) is 4.74 Å². The van der Waals surface area contributed by atoms with Crippen LogP contribution in [0.15, 0.2) is 78.6 Å². The SMILES string of the molecule is CC(C)COc1ccc(/C(O)=C2/C(=O)C(=O)N(c3ccc(OC(F)(F)F)cc3)C2c2ccncc2)cc1. The van der Waals surface area contributed by atoms with E-state index in [-0.39, 0.29) is 11.3 Å². The first-order valence-electron chi connectivity index (χ1n) is 11.3. The molecule has 0 bridgehead atoms. The van der Waals surface area contributed by atoms with Gasteiger partial charge in [-0.2, -0.15) is 0 Å². The van der Waals surface area contributed by atoms with Gasteiger partial charge in [-0.25, -0.2) is 0 Å². The second kappa shape index (κ2) is 10.3. The van der Waals surface area contributed by atoms with Crippen LogP contribution in [-0.4, -0.2) is 34.8 Å². The van der Waals surface area contributed by atoms with E-state index in [1.807, 2.05) is 13.8 Å². The minimum absolute atomic E-state index is 0.148. The molecule has 4 rings (SSSR count). The normalized spacial score (nSPS) is 17.4. The average Bonchev–Trinajstić information content (AvgIpc) is 3.13. The topological polar surface area (TPSA) is 89.0 Å². The quantitative estimate of drug-likeness (QED) is 0.250. The lowest BCUT2D eigenvalue weighted by atomic mass is 9.95. The monoisotopic (exact) mass is 512 g/mol. The number of carbonyl (C=O) groups is 2. The molecule has 2 aromatic carbocycles. The van der Waals surface area contributed by atoms with E-state index < -0.39 is 35.6 Å². The summed E-state index contributed by atoms with van der Waals surface area (Å²) >= 11 is 0. The summed E-state index contributed by atoms with van der Waals surface area (Å²) in [7, 11) is 0. The maximum Gasteiger partial charge on any atom is 0.573 e. The molecule has 0 aliphatic carbocycles. The van der Waals surface area contributed by atoms with Crippen molar-refractivity contribution in [3.05, 3.63) is 89.8 Å². The number of anilines is 1. The van der Waals surface area contributed by atoms with Gasteiger partial charge in [-0.1, -0.05) is 13.8 Å². The molecule has 1 amide bonds. The molecule has 1 aliphatic heterocycles. The predicted octanol–water partition coefficient (Wildman–Crippen LogP) is 5.64. The van der Waals surface area contributed by atoms with Gasteiger partial charge in [0.05, 0.1) is 18.2 Å². The molecule has 7 nitrogen and oxygen atoms in total. The van der Waals surface area contributed by atoms with Crippen LogP contribution in [0.4, 0.5) is 18.9 Å². The summed E-state index contributed by atoms with van der Waals surface area (Å²) in [6.45, 7) is 4.52. The van der Waals surface area contributed by atoms with Crippen molar-refractivity contribution in [3.8, 4) is 11.5 Å². The number of hydrogen-bond donors (Lipinski definition) is 1. The summed E-state index contributed by atoms with van der Waals surface area (Å²) in [6, 6.07) is 13.1. The highest BCUT2D eigenvalue weighted by molar-refractivity contribution is 6.51. The number of aliphatic hydroxyl groups excluding tert-OH is 1. The van der Waals surface area contributed by atoms with Crippen molar-refractivity contribution < 1.29 is 37.3 Å². The van der Waals surface area contributed by atoms with Crippen LogP contribution in [-0.2, 0) is 9.59 Å². The minimum atomic E-state index is -4.88. The van der Waals surface area contributed by atoms with Gasteiger partial charge in [-0.3, -0.25) is 19.5 Å². The van der Waals surface area contributed by atoms with Crippen LogP contribution in [0.5, 0.6) is 11.5 Å². The molecule has 1 N–H and O–H groups in total. The summed E-state index contributed by atoms with van der Waals surface area (Å²) in [5.74, 6) is -1.85. The van der Waals surface area contributed by atoms with Crippen molar-refractivity contribution >= 4 is 23.1 Å². The first-order valence-corrected chi connectivity index (χ1v) is 11.3. The highest BCUT2D eigenvalue weighted by Gasteiger charge is 2.47. The largest absolute Gasteiger partial charge is 0.573 e. The smallest absolute Gasteiger partial charge is 0.507 e. The Morgan fingerprint density at radius 3 is 2.14 bits per heavy atom. The van der Waals surface area contributed by atoms with E-state index in [0.717, 1.165) is 17.0 Å². The van der Waals surface area contributed by atoms with Crippen LogP contribution < -0.4 is 14.4 Å².